The van der Waals surface area contributed by atoms with Crippen LogP contribution in [0.3, 0.4) is 0 Å². The number of aliphatic carboxylic acids is 1. The number of ether oxygens (including phenoxy) is 1. The number of benzene rings is 1. The topological polar surface area (TPSA) is 78.9 Å². The normalized spacial score (nSPS) is 14.7. The lowest BCUT2D eigenvalue weighted by Crippen LogP contribution is -2.39. The van der Waals surface area contributed by atoms with Gasteiger partial charge in [-0.25, -0.2) is 0 Å². The highest BCUT2D eigenvalue weighted by molar-refractivity contribution is 5.98. The van der Waals surface area contributed by atoms with E-state index >= 15 is 0 Å². The van der Waals surface area contributed by atoms with Gasteiger partial charge in [-0.05, 0) is 18.2 Å². The van der Waals surface area contributed by atoms with E-state index < -0.39 is 11.9 Å². The number of anilines is 2. The number of terminal acetylenes is 1. The summed E-state index contributed by atoms with van der Waals surface area (Å²) >= 11 is 0. The van der Waals surface area contributed by atoms with Gasteiger partial charge >= 0.3 is 5.97 Å². The summed E-state index contributed by atoms with van der Waals surface area (Å²) in [7, 11) is 0. The lowest BCUT2D eigenvalue weighted by molar-refractivity contribution is -0.140. The van der Waals surface area contributed by atoms with Gasteiger partial charge in [0.2, 0.25) is 0 Å². The molecule has 2 rings (SSSR count). The van der Waals surface area contributed by atoms with Crippen molar-refractivity contribution in [1.82, 2.24) is 0 Å². The van der Waals surface area contributed by atoms with Gasteiger partial charge in [-0.3, -0.25) is 14.5 Å². The highest BCUT2D eigenvalue weighted by Crippen LogP contribution is 2.34. The predicted octanol–water partition coefficient (Wildman–Crippen LogP) is 1.18. The number of carbonyl (C=O) groups excluding carboxylic acids is 1. The molecule has 0 spiro atoms. The van der Waals surface area contributed by atoms with Gasteiger partial charge in [-0.1, -0.05) is 12.8 Å². The van der Waals surface area contributed by atoms with Gasteiger partial charge in [-0.15, -0.1) is 6.42 Å². The molecule has 0 bridgehead atoms. The van der Waals surface area contributed by atoms with Crippen LogP contribution in [-0.2, 0) is 9.59 Å². The molecule has 1 atom stereocenters. The van der Waals surface area contributed by atoms with E-state index in [1.165, 1.54) is 4.90 Å². The third-order valence-corrected chi connectivity index (χ3v) is 3.19. The second kappa shape index (κ2) is 6.18. The first kappa shape index (κ1) is 14.7. The average Bonchev–Trinajstić information content (AvgIpc) is 2.47. The molecule has 0 saturated carbocycles. The fourth-order valence-corrected chi connectivity index (χ4v) is 1.93. The van der Waals surface area contributed by atoms with Gasteiger partial charge < -0.3 is 15.2 Å². The van der Waals surface area contributed by atoms with Crippen LogP contribution in [0.1, 0.15) is 6.92 Å². The monoisotopic (exact) mass is 288 g/mol. The van der Waals surface area contributed by atoms with Crippen molar-refractivity contribution >= 4 is 23.3 Å². The highest BCUT2D eigenvalue weighted by Gasteiger charge is 2.25. The summed E-state index contributed by atoms with van der Waals surface area (Å²) in [5.74, 6) is 1.45. The Morgan fingerprint density at radius 2 is 2.38 bits per heavy atom. The van der Waals surface area contributed by atoms with Crippen LogP contribution in [0.4, 0.5) is 11.4 Å². The molecule has 0 radical (unpaired) electrons. The second-order valence-electron chi connectivity index (χ2n) is 4.78. The Morgan fingerprint density at radius 3 is 3.05 bits per heavy atom. The highest BCUT2D eigenvalue weighted by atomic mass is 16.5. The molecule has 0 aliphatic carbocycles. The minimum atomic E-state index is -0.868. The minimum Gasteiger partial charge on any atom is -0.482 e. The van der Waals surface area contributed by atoms with Crippen LogP contribution in [-0.4, -0.2) is 36.7 Å². The van der Waals surface area contributed by atoms with Crippen LogP contribution < -0.4 is 15.0 Å². The number of hydrogen-bond acceptors (Lipinski definition) is 4. The van der Waals surface area contributed by atoms with E-state index in [1.54, 1.807) is 25.1 Å². The number of amides is 1. The minimum absolute atomic E-state index is 0.0303. The smallest absolute Gasteiger partial charge is 0.308 e. The Hall–Kier alpha value is -2.68. The first-order valence-electron chi connectivity index (χ1n) is 6.50. The maximum absolute atomic E-state index is 11.8. The van der Waals surface area contributed by atoms with E-state index in [9.17, 15) is 9.59 Å². The molecule has 1 aromatic rings. The quantitative estimate of drug-likeness (QED) is 0.795. The van der Waals surface area contributed by atoms with Crippen molar-refractivity contribution in [2.75, 3.05) is 29.9 Å². The van der Waals surface area contributed by atoms with E-state index in [0.29, 0.717) is 17.1 Å². The Balaban J connectivity index is 2.19. The SMILES string of the molecule is C#CCN1C(=O)COc2ccc(NCC(C)C(=O)O)cc21. The Bertz CT molecular complexity index is 606. The molecule has 6 nitrogen and oxygen atoms in total. The van der Waals surface area contributed by atoms with Gasteiger partial charge in [0.1, 0.15) is 5.75 Å². The molecule has 1 aromatic carbocycles. The number of nitrogens with one attached hydrogen (secondary N) is 1. The van der Waals surface area contributed by atoms with Crippen LogP contribution in [0.2, 0.25) is 0 Å². The van der Waals surface area contributed by atoms with Crippen LogP contribution in [0.5, 0.6) is 5.75 Å². The van der Waals surface area contributed by atoms with E-state index in [2.05, 4.69) is 11.2 Å². The molecule has 2 N–H and O–H groups in total. The molecule has 0 fully saturated rings. The Morgan fingerprint density at radius 1 is 1.62 bits per heavy atom. The van der Waals surface area contributed by atoms with Crippen LogP contribution in [0.15, 0.2) is 18.2 Å². The van der Waals surface area contributed by atoms with Crippen LogP contribution in [0, 0.1) is 18.3 Å². The molecule has 110 valence electrons. The largest absolute Gasteiger partial charge is 0.482 e. The standard InChI is InChI=1S/C15H16N2O4/c1-3-6-17-12-7-11(16-8-10(2)15(19)20)4-5-13(12)21-9-14(17)18/h1,4-5,7,10,16H,6,8-9H2,2H3,(H,19,20). The number of carboxylic acids is 1. The van der Waals surface area contributed by atoms with Crippen molar-refractivity contribution in [2.24, 2.45) is 5.92 Å². The fourth-order valence-electron chi connectivity index (χ4n) is 1.93. The lowest BCUT2D eigenvalue weighted by atomic mass is 10.1. The number of carboxylic acid groups (broad SMARTS) is 1. The first-order chi connectivity index (χ1) is 10.0. The van der Waals surface area contributed by atoms with Gasteiger partial charge in [0.15, 0.2) is 6.61 Å². The fraction of sp³-hybridized carbons (Fsp3) is 0.333. The summed E-state index contributed by atoms with van der Waals surface area (Å²) in [6, 6.07) is 5.24. The zero-order valence-electron chi connectivity index (χ0n) is 11.6. The van der Waals surface area contributed by atoms with E-state index in [-0.39, 0.29) is 25.6 Å². The van der Waals surface area contributed by atoms with E-state index in [1.807, 2.05) is 0 Å². The zero-order valence-corrected chi connectivity index (χ0v) is 11.6. The number of carbonyl (C=O) groups is 2. The molecular weight excluding hydrogens is 272 g/mol. The molecule has 1 unspecified atom stereocenters. The zero-order chi connectivity index (χ0) is 15.4. The lowest BCUT2D eigenvalue weighted by Gasteiger charge is -2.28. The number of nitrogens with zero attached hydrogens (tertiary/aromatic N) is 1. The van der Waals surface area contributed by atoms with Crippen molar-refractivity contribution in [2.45, 2.75) is 6.92 Å². The van der Waals surface area contributed by atoms with Crippen LogP contribution in [0.25, 0.3) is 0 Å². The number of rotatable bonds is 5. The summed E-state index contributed by atoms with van der Waals surface area (Å²) in [4.78, 5) is 24.1. The van der Waals surface area contributed by atoms with E-state index in [4.69, 9.17) is 16.3 Å². The summed E-state index contributed by atoms with van der Waals surface area (Å²) in [5.41, 5.74) is 1.30. The summed E-state index contributed by atoms with van der Waals surface area (Å²) in [6.07, 6.45) is 5.28. The third kappa shape index (κ3) is 3.26. The molecule has 0 aromatic heterocycles. The number of hydrogen-bond donors (Lipinski definition) is 2. The van der Waals surface area contributed by atoms with E-state index in [0.717, 1.165) is 0 Å². The van der Waals surface area contributed by atoms with Gasteiger partial charge in [0.05, 0.1) is 18.2 Å². The molecule has 1 aliphatic heterocycles. The van der Waals surface area contributed by atoms with Crippen molar-refractivity contribution in [3.63, 3.8) is 0 Å². The number of fused-ring (bicyclic) bond motifs is 1. The molecule has 1 heterocycles. The van der Waals surface area contributed by atoms with Crippen molar-refractivity contribution in [3.8, 4) is 18.1 Å². The molecule has 1 aliphatic rings. The summed E-state index contributed by atoms with van der Waals surface area (Å²) in [6.45, 7) is 2.05. The molecule has 6 heteroatoms. The molecule has 21 heavy (non-hydrogen) atoms. The second-order valence-corrected chi connectivity index (χ2v) is 4.78. The predicted molar refractivity (Wildman–Crippen MR) is 78.4 cm³/mol. The Labute approximate surface area is 122 Å². The maximum atomic E-state index is 11.8. The molecule has 1 amide bonds. The van der Waals surface area contributed by atoms with Crippen molar-refractivity contribution in [3.05, 3.63) is 18.2 Å². The average molecular weight is 288 g/mol. The van der Waals surface area contributed by atoms with Crippen molar-refractivity contribution in [1.29, 1.82) is 0 Å². The van der Waals surface area contributed by atoms with Crippen molar-refractivity contribution < 1.29 is 19.4 Å². The first-order valence-corrected chi connectivity index (χ1v) is 6.50. The van der Waals surface area contributed by atoms with Gasteiger partial charge in [0, 0.05) is 12.2 Å². The van der Waals surface area contributed by atoms with Crippen LogP contribution >= 0.6 is 0 Å². The summed E-state index contributed by atoms with van der Waals surface area (Å²) < 4.78 is 5.35. The summed E-state index contributed by atoms with van der Waals surface area (Å²) in [5, 5.41) is 11.9. The maximum Gasteiger partial charge on any atom is 0.308 e. The van der Waals surface area contributed by atoms with Gasteiger partial charge in [-0.2, -0.15) is 0 Å². The Kier molecular flexibility index (Phi) is 4.33. The third-order valence-electron chi connectivity index (χ3n) is 3.19. The molecule has 0 saturated heterocycles. The molecular formula is C15H16N2O4. The van der Waals surface area contributed by atoms with Gasteiger partial charge in [0.25, 0.3) is 5.91 Å².